The van der Waals surface area contributed by atoms with Crippen LogP contribution in [0.15, 0.2) is 48.8 Å². The van der Waals surface area contributed by atoms with E-state index >= 15 is 0 Å². The number of piperidine rings is 1. The van der Waals surface area contributed by atoms with Gasteiger partial charge in [0.2, 0.25) is 0 Å². The molecule has 28 heavy (non-hydrogen) atoms. The summed E-state index contributed by atoms with van der Waals surface area (Å²) in [4.78, 5) is 19.1. The fourth-order valence-electron chi connectivity index (χ4n) is 4.21. The third-order valence-electron chi connectivity index (χ3n) is 6.00. The molecule has 2 unspecified atom stereocenters. The molecule has 6 heteroatoms. The molecule has 1 aromatic carbocycles. The molecule has 2 saturated heterocycles. The number of hydrogen-bond donors (Lipinski definition) is 3. The number of rotatable bonds is 5. The van der Waals surface area contributed by atoms with Crippen LogP contribution in [-0.2, 0) is 0 Å². The lowest BCUT2D eigenvalue weighted by atomic mass is 9.95. The van der Waals surface area contributed by atoms with Crippen LogP contribution in [0.25, 0.3) is 0 Å². The molecule has 2 fully saturated rings. The maximum atomic E-state index is 12.4. The highest BCUT2D eigenvalue weighted by molar-refractivity contribution is 5.95. The average molecular weight is 380 g/mol. The molecule has 1 amide bonds. The van der Waals surface area contributed by atoms with Crippen LogP contribution in [0.4, 0.5) is 0 Å². The lowest BCUT2D eigenvalue weighted by Crippen LogP contribution is -2.49. The predicted molar refractivity (Wildman–Crippen MR) is 109 cm³/mol. The molecule has 3 heterocycles. The highest BCUT2D eigenvalue weighted by Crippen LogP contribution is 2.26. The van der Waals surface area contributed by atoms with Crippen molar-refractivity contribution in [2.75, 3.05) is 19.6 Å². The minimum absolute atomic E-state index is 0.0431. The number of amides is 1. The number of aromatic nitrogens is 1. The van der Waals surface area contributed by atoms with Gasteiger partial charge in [-0.05, 0) is 68.5 Å². The zero-order chi connectivity index (χ0) is 19.3. The van der Waals surface area contributed by atoms with E-state index in [2.05, 4.69) is 32.1 Å². The van der Waals surface area contributed by atoms with Crippen LogP contribution < -0.4 is 16.2 Å². The zero-order valence-corrected chi connectivity index (χ0v) is 16.4. The summed E-state index contributed by atoms with van der Waals surface area (Å²) < 4.78 is 0. The molecule has 2 aliphatic rings. The summed E-state index contributed by atoms with van der Waals surface area (Å²) in [5, 5.41) is 3.13. The van der Waals surface area contributed by atoms with Crippen LogP contribution in [0.3, 0.4) is 0 Å². The Bertz CT molecular complexity index is 789. The van der Waals surface area contributed by atoms with Crippen molar-refractivity contribution >= 4 is 5.91 Å². The summed E-state index contributed by atoms with van der Waals surface area (Å²) in [6, 6.07) is 12.2. The molecule has 3 N–H and O–H groups in total. The second kappa shape index (κ2) is 8.82. The molecule has 2 atom stereocenters. The van der Waals surface area contributed by atoms with E-state index in [9.17, 15) is 4.79 Å². The van der Waals surface area contributed by atoms with Crippen LogP contribution in [-0.4, -0.2) is 41.6 Å². The molecule has 0 bridgehead atoms. The van der Waals surface area contributed by atoms with Crippen LogP contribution >= 0.6 is 0 Å². The Balaban J connectivity index is 1.22. The first-order valence-electron chi connectivity index (χ1n) is 10.2. The fourth-order valence-corrected chi connectivity index (χ4v) is 4.21. The minimum atomic E-state index is 0.0431. The van der Waals surface area contributed by atoms with Gasteiger partial charge in [-0.15, -0.1) is 0 Å². The van der Waals surface area contributed by atoms with Crippen LogP contribution in [0.1, 0.15) is 46.8 Å². The van der Waals surface area contributed by atoms with Gasteiger partial charge in [0.15, 0.2) is 0 Å². The largest absolute Gasteiger partial charge is 0.352 e. The van der Waals surface area contributed by atoms with Crippen molar-refractivity contribution in [2.45, 2.75) is 38.4 Å². The second-order valence-corrected chi connectivity index (χ2v) is 7.88. The third kappa shape index (κ3) is 4.41. The molecule has 0 spiro atoms. The SMILES string of the molecule is Cc1ccccc1C(=O)NCC1CCN(C2CC(c3cccnc3)NN2)CC1. The Morgan fingerprint density at radius 3 is 2.75 bits per heavy atom. The Hall–Kier alpha value is -2.28. The Labute approximate surface area is 166 Å². The van der Waals surface area contributed by atoms with E-state index < -0.39 is 0 Å². The quantitative estimate of drug-likeness (QED) is 0.744. The monoisotopic (exact) mass is 379 g/mol. The average Bonchev–Trinajstić information content (AvgIpc) is 3.24. The second-order valence-electron chi connectivity index (χ2n) is 7.88. The molecule has 2 aromatic rings. The van der Waals surface area contributed by atoms with Crippen LogP contribution in [0, 0.1) is 12.8 Å². The molecule has 2 aliphatic heterocycles. The van der Waals surface area contributed by atoms with E-state index in [1.165, 1.54) is 5.56 Å². The molecular formula is C22H29N5O. The summed E-state index contributed by atoms with van der Waals surface area (Å²) in [6.45, 7) is 4.86. The van der Waals surface area contributed by atoms with Crippen molar-refractivity contribution in [3.05, 3.63) is 65.5 Å². The van der Waals surface area contributed by atoms with Gasteiger partial charge < -0.3 is 5.32 Å². The smallest absolute Gasteiger partial charge is 0.251 e. The lowest BCUT2D eigenvalue weighted by Gasteiger charge is -2.35. The number of likely N-dealkylation sites (tertiary alicyclic amines) is 1. The van der Waals surface area contributed by atoms with Gasteiger partial charge in [0.05, 0.1) is 12.2 Å². The minimum Gasteiger partial charge on any atom is -0.352 e. The Kier molecular flexibility index (Phi) is 6.00. The van der Waals surface area contributed by atoms with Crippen LogP contribution in [0.2, 0.25) is 0 Å². The summed E-state index contributed by atoms with van der Waals surface area (Å²) in [6.07, 6.45) is 7.37. The summed E-state index contributed by atoms with van der Waals surface area (Å²) in [5.41, 5.74) is 9.89. The number of pyridine rings is 1. The standard InChI is InChI=1S/C22H29N5O/c1-16-5-2-3-7-19(16)22(28)24-14-17-8-11-27(12-9-17)21-13-20(25-26-21)18-6-4-10-23-15-18/h2-7,10,15,17,20-21,25-26H,8-9,11-14H2,1H3,(H,24,28). The topological polar surface area (TPSA) is 69.3 Å². The number of nitrogens with zero attached hydrogens (tertiary/aromatic N) is 2. The molecule has 4 rings (SSSR count). The van der Waals surface area contributed by atoms with E-state index in [-0.39, 0.29) is 5.91 Å². The Morgan fingerprint density at radius 2 is 2.00 bits per heavy atom. The molecule has 0 aliphatic carbocycles. The Morgan fingerprint density at radius 1 is 1.18 bits per heavy atom. The summed E-state index contributed by atoms with van der Waals surface area (Å²) in [7, 11) is 0. The van der Waals surface area contributed by atoms with E-state index in [4.69, 9.17) is 0 Å². The van der Waals surface area contributed by atoms with Crippen molar-refractivity contribution in [3.8, 4) is 0 Å². The molecular weight excluding hydrogens is 350 g/mol. The molecule has 6 nitrogen and oxygen atoms in total. The summed E-state index contributed by atoms with van der Waals surface area (Å²) in [5.74, 6) is 0.592. The zero-order valence-electron chi connectivity index (χ0n) is 16.4. The number of hydrazine groups is 1. The first kappa shape index (κ1) is 19.1. The molecule has 0 saturated carbocycles. The number of nitrogens with one attached hydrogen (secondary N) is 3. The van der Waals surface area contributed by atoms with Gasteiger partial charge in [0.1, 0.15) is 0 Å². The van der Waals surface area contributed by atoms with Gasteiger partial charge in [0, 0.05) is 24.5 Å². The normalized spacial score (nSPS) is 23.6. The molecule has 1 aromatic heterocycles. The predicted octanol–water partition coefficient (Wildman–Crippen LogP) is 2.40. The van der Waals surface area contributed by atoms with E-state index in [0.29, 0.717) is 18.1 Å². The van der Waals surface area contributed by atoms with Gasteiger partial charge in [0.25, 0.3) is 5.91 Å². The van der Waals surface area contributed by atoms with Gasteiger partial charge in [-0.1, -0.05) is 24.3 Å². The highest BCUT2D eigenvalue weighted by Gasteiger charge is 2.32. The lowest BCUT2D eigenvalue weighted by molar-refractivity contribution is 0.0914. The maximum absolute atomic E-state index is 12.4. The van der Waals surface area contributed by atoms with E-state index in [0.717, 1.165) is 50.0 Å². The van der Waals surface area contributed by atoms with Crippen molar-refractivity contribution in [1.82, 2.24) is 26.1 Å². The number of benzene rings is 1. The number of carbonyl (C=O) groups excluding carboxylic acids is 1. The van der Waals surface area contributed by atoms with E-state index in [1.54, 1.807) is 0 Å². The van der Waals surface area contributed by atoms with Gasteiger partial charge in [-0.3, -0.25) is 14.7 Å². The molecule has 0 radical (unpaired) electrons. The van der Waals surface area contributed by atoms with Crippen molar-refractivity contribution < 1.29 is 4.79 Å². The van der Waals surface area contributed by atoms with Crippen molar-refractivity contribution in [3.63, 3.8) is 0 Å². The van der Waals surface area contributed by atoms with Gasteiger partial charge >= 0.3 is 0 Å². The first-order valence-corrected chi connectivity index (χ1v) is 10.2. The van der Waals surface area contributed by atoms with E-state index in [1.807, 2.05) is 49.6 Å². The third-order valence-corrected chi connectivity index (χ3v) is 6.00. The maximum Gasteiger partial charge on any atom is 0.251 e. The first-order chi connectivity index (χ1) is 13.7. The van der Waals surface area contributed by atoms with Gasteiger partial charge in [-0.25, -0.2) is 10.9 Å². The fraction of sp³-hybridized carbons (Fsp3) is 0.455. The molecule has 148 valence electrons. The number of aryl methyl sites for hydroxylation is 1. The van der Waals surface area contributed by atoms with Crippen LogP contribution in [0.5, 0.6) is 0 Å². The number of hydrogen-bond acceptors (Lipinski definition) is 5. The number of carbonyl (C=O) groups is 1. The summed E-state index contributed by atoms with van der Waals surface area (Å²) >= 11 is 0. The van der Waals surface area contributed by atoms with Gasteiger partial charge in [-0.2, -0.15) is 0 Å². The highest BCUT2D eigenvalue weighted by atomic mass is 16.1. The van der Waals surface area contributed by atoms with Crippen molar-refractivity contribution in [1.29, 1.82) is 0 Å². The van der Waals surface area contributed by atoms with Crippen molar-refractivity contribution in [2.24, 2.45) is 5.92 Å².